The molecule has 7 aromatic carbocycles. The maximum Gasteiger partial charge on any atom is 1.00 e. The first-order valence-electron chi connectivity index (χ1n) is 40.2. The molecule has 0 radical (unpaired) electrons. The van der Waals surface area contributed by atoms with Gasteiger partial charge in [0.2, 0.25) is 5.91 Å². The number of carbonyl (C=O) groups is 5. The molecule has 28 heteroatoms. The van der Waals surface area contributed by atoms with Gasteiger partial charge in [-0.1, -0.05) is 118 Å². The van der Waals surface area contributed by atoms with Gasteiger partial charge in [0.05, 0.1) is 89.3 Å². The van der Waals surface area contributed by atoms with Crippen LogP contribution in [0.15, 0.2) is 143 Å². The molecule has 2 N–H and O–H groups in total. The van der Waals surface area contributed by atoms with Crippen LogP contribution in [0.5, 0.6) is 17.2 Å². The molecule has 8 heterocycles. The van der Waals surface area contributed by atoms with Gasteiger partial charge in [-0.3, -0.25) is 48.7 Å². The predicted molar refractivity (Wildman–Crippen MR) is 479 cm³/mol. The summed E-state index contributed by atoms with van der Waals surface area (Å²) >= 11 is 13.9. The van der Waals surface area contributed by atoms with Gasteiger partial charge in [0.1, 0.15) is 17.2 Å². The van der Waals surface area contributed by atoms with E-state index in [1.165, 1.54) is 39.5 Å². The minimum Gasteiger partial charge on any atom is -0.508 e. The molecule has 9 aliphatic rings. The van der Waals surface area contributed by atoms with E-state index in [4.69, 9.17) is 52.5 Å². The van der Waals surface area contributed by atoms with Crippen molar-refractivity contribution in [1.82, 2.24) is 4.90 Å². The van der Waals surface area contributed by atoms with Gasteiger partial charge in [-0.25, -0.2) is 5.26 Å². The number of ether oxygens (including phenoxy) is 4. The molecular formula is C90H107FIK2N8O12S4+. The fourth-order valence-corrected chi connectivity index (χ4v) is 18.9. The maximum atomic E-state index is 14.5. The Morgan fingerprint density at radius 3 is 1.51 bits per heavy atom. The predicted octanol–water partition coefficient (Wildman–Crippen LogP) is 10.0. The second kappa shape index (κ2) is 43.3. The molecule has 0 spiro atoms. The van der Waals surface area contributed by atoms with E-state index in [0.29, 0.717) is 54.3 Å². The number of fused-ring (bicyclic) bond motifs is 16. The van der Waals surface area contributed by atoms with Gasteiger partial charge >= 0.3 is 109 Å². The number of phenols is 1. The molecule has 2 fully saturated rings. The largest absolute Gasteiger partial charge is 1.00 e. The summed E-state index contributed by atoms with van der Waals surface area (Å²) in [5.41, 5.74) is 15.6. The molecular weight excluding hydrogens is 1740 g/mol. The second-order valence-corrected chi connectivity index (χ2v) is 40.4. The minimum absolute atomic E-state index is 0. The van der Waals surface area contributed by atoms with E-state index in [0.717, 1.165) is 141 Å². The van der Waals surface area contributed by atoms with E-state index in [1.54, 1.807) is 20.4 Å². The summed E-state index contributed by atoms with van der Waals surface area (Å²) < 4.78 is 40.9. The van der Waals surface area contributed by atoms with Crippen molar-refractivity contribution < 1.29 is 165 Å². The van der Waals surface area contributed by atoms with Crippen LogP contribution in [0.25, 0.3) is 1.43 Å². The number of aryl methyl sites for hydroxylation is 3. The topological polar surface area (TPSA) is 216 Å². The Kier molecular flexibility index (Phi) is 34.5. The van der Waals surface area contributed by atoms with Gasteiger partial charge in [-0.2, -0.15) is 7.18 Å². The molecule has 118 heavy (non-hydrogen) atoms. The summed E-state index contributed by atoms with van der Waals surface area (Å²) in [4.78, 5) is 89.4. The zero-order valence-electron chi connectivity index (χ0n) is 70.8. The quantitative estimate of drug-likeness (QED) is 0.00890. The number of nitrogens with zero attached hydrogens (tertiary/aromatic N) is 8. The van der Waals surface area contributed by atoms with Crippen LogP contribution in [0.2, 0.25) is 0 Å². The van der Waals surface area contributed by atoms with Crippen molar-refractivity contribution in [2.24, 2.45) is 15.9 Å². The number of anilines is 5. The molecule has 4 amide bonds. The van der Waals surface area contributed by atoms with Crippen LogP contribution < -0.4 is 137 Å². The van der Waals surface area contributed by atoms with Gasteiger partial charge in [0.15, 0.2) is 0 Å². The van der Waals surface area contributed by atoms with Crippen LogP contribution in [-0.2, 0) is 90.9 Å². The third-order valence-corrected chi connectivity index (χ3v) is 30.6. The van der Waals surface area contributed by atoms with Crippen molar-refractivity contribution in [2.75, 3.05) is 94.5 Å². The summed E-state index contributed by atoms with van der Waals surface area (Å²) in [6.07, 6.45) is 18.8. The number of hydrogen-bond donors (Lipinski definition) is 2. The van der Waals surface area contributed by atoms with Gasteiger partial charge < -0.3 is 48.0 Å². The van der Waals surface area contributed by atoms with Crippen molar-refractivity contribution in [3.05, 3.63) is 196 Å². The van der Waals surface area contributed by atoms with Crippen LogP contribution in [-0.4, -0.2) is 180 Å². The van der Waals surface area contributed by atoms with Gasteiger partial charge in [0, 0.05) is 122 Å². The summed E-state index contributed by atoms with van der Waals surface area (Å²) in [5, 5.41) is 13.4. The first-order chi connectivity index (χ1) is 56.3. The summed E-state index contributed by atoms with van der Waals surface area (Å²) in [6, 6.07) is 44.3. The van der Waals surface area contributed by atoms with E-state index < -0.39 is 0 Å². The molecule has 8 aliphatic heterocycles. The number of para-hydroxylation sites is 4. The van der Waals surface area contributed by atoms with E-state index in [9.17, 15) is 28.7 Å². The molecule has 7 aromatic rings. The third-order valence-electron chi connectivity index (χ3n) is 23.7. The number of benzene rings is 7. The van der Waals surface area contributed by atoms with E-state index in [-0.39, 0.29) is 215 Å². The number of amides is 4. The fourth-order valence-electron chi connectivity index (χ4n) is 17.4. The van der Waals surface area contributed by atoms with Crippen molar-refractivity contribution in [1.29, 1.82) is 1.43 Å². The fraction of sp³-hybridized carbons (Fsp3) is 0.444. The number of carbonyl (C=O) groups excluding carboxylic acids is 5. The van der Waals surface area contributed by atoms with E-state index in [2.05, 4.69) is 129 Å². The normalized spacial score (nSPS) is 21.3. The number of aromatic hydroxyl groups is 1. The van der Waals surface area contributed by atoms with Crippen molar-refractivity contribution >= 4 is 146 Å². The average Bonchev–Trinajstić information content (AvgIpc) is 1.63. The number of rotatable bonds is 23. The Morgan fingerprint density at radius 1 is 0.576 bits per heavy atom. The number of phenolic OH excluding ortho intramolecular Hbond substituents is 1. The summed E-state index contributed by atoms with van der Waals surface area (Å²) in [5.74, 6) is 1.91. The first-order valence-corrected chi connectivity index (χ1v) is 46.4. The van der Waals surface area contributed by atoms with Gasteiger partial charge in [0.25, 0.3) is 19.2 Å². The number of methoxy groups -OCH3 is 1. The van der Waals surface area contributed by atoms with Crippen LogP contribution in [0.3, 0.4) is 0 Å². The third kappa shape index (κ3) is 21.5. The van der Waals surface area contributed by atoms with Crippen LogP contribution in [0, 0.1) is 33.9 Å². The Hall–Kier alpha value is -4.66. The van der Waals surface area contributed by atoms with Crippen LogP contribution >= 0.6 is 22.6 Å². The Bertz CT molecular complexity index is 4920. The number of unbranched alkanes of at least 4 members (excludes halogenated alkanes) is 4. The van der Waals surface area contributed by atoms with Crippen molar-refractivity contribution in [3.63, 3.8) is 0 Å². The molecule has 0 bridgehead atoms. The monoisotopic (exact) mass is 1840 g/mol. The summed E-state index contributed by atoms with van der Waals surface area (Å²) in [6.45, 7) is 19.8. The average molecular weight is 1850 g/mol. The Labute approximate surface area is 809 Å². The SMILES string of the molecule is COC1CC2C(=O)N3c4ccccc4C[C@H]3CN(CC(C)(C)S(C)=S)C2CC1OCCCCCOc1cc2c(cc1C)C(=O)N1c3ccccc3C[C@H]1C=N2.Cc1cc2c(cc1O)N(CC(C)(C)S(C)=S)C[C@@H]1Cc3ccccc3N1C2=O.Cc1cc2c(cc1OCCCCCI)N=C[C@@H]1Cc3ccccc3N1C2=O.[2H]OOC=O.[CH2-]F.[K+].[K+]. The number of hydrogen-bond acceptors (Lipinski definition) is 18. The molecule has 1 aliphatic carbocycles. The number of alkyl halides is 1. The van der Waals surface area contributed by atoms with E-state index >= 15 is 0 Å². The molecule has 20 nitrogen and oxygen atoms in total. The minimum atomic E-state index is -0.195. The summed E-state index contributed by atoms with van der Waals surface area (Å²) in [7, 11) is 3.11. The smallest absolute Gasteiger partial charge is 0.508 e. The number of halogens is 2. The van der Waals surface area contributed by atoms with Crippen LogP contribution in [0.4, 0.5) is 44.2 Å². The van der Waals surface area contributed by atoms with Gasteiger partial charge in [-0.15, -0.1) is 18.9 Å². The van der Waals surface area contributed by atoms with Gasteiger partial charge in [-0.05, 0) is 211 Å². The van der Waals surface area contributed by atoms with Crippen molar-refractivity contribution in [3.8, 4) is 17.2 Å². The number of aliphatic imine (C=N–C) groups is 2. The molecule has 1 saturated heterocycles. The molecule has 10 atom stereocenters. The van der Waals surface area contributed by atoms with Crippen molar-refractivity contribution in [2.45, 2.75) is 177 Å². The molecule has 16 rings (SSSR count). The Morgan fingerprint density at radius 2 is 1.03 bits per heavy atom. The maximum absolute atomic E-state index is 14.5. The first kappa shape index (κ1) is 94.0. The standard InChI is InChI=1S/C44H54N4O5S2.C22H23IN2O2.C22H26N2O2S2.CH2F.CH2O3.2K/c1-28-19-33-35(45-25-31-20-29-13-7-9-15-36(29)47(31)42(33)49)23-39(28)52-17-11-6-12-18-53-41-24-38-34(22-40(41)51-4)43(50)48-32(21-30-14-8-10-16-37(30)48)26-46(38)27-44(2,3)55(5)54;1-15-11-18-19(13-21(15)27-10-6-2-5-9-23)24-14-17-12-16-7-3-4-8-20(16)25(17)22(18)26;1-14-9-17-19(11-20(14)25)23(13-22(2,3)28(4)27)12-16-10-15-7-5-6-8-18(15)24(16)21(17)26;1-2;2-1-4-3;;/h7-10,13-16,19,23,25,31-32,34,38,40-41H,6,11-12,17-18,20-22,24,26-27H2,1-5H3;3-4,7-8,11,13-14,17H,2,5-6,9-10,12H2,1H3;5-9,11,16,25H,10,12-13H2,1-4H3;1H2;1,3H;;/q;;;-1;;2*+1/t31-,32-,34?,38?,40?,41?,55?;17-;16-,28?;;;;/m000..../s1/i/hD. The van der Waals surface area contributed by atoms with Crippen LogP contribution in [0.1, 0.15) is 149 Å². The Balaban J connectivity index is 0.000000195. The molecule has 6 unspecified atom stereocenters. The zero-order valence-corrected chi connectivity index (χ0v) is 81.5. The molecule has 0 aromatic heterocycles. The van der Waals surface area contributed by atoms with E-state index in [1.807, 2.05) is 139 Å². The molecule has 618 valence electrons. The zero-order chi connectivity index (χ0) is 83.6. The second-order valence-electron chi connectivity index (χ2n) is 32.3. The molecule has 1 saturated carbocycles.